The van der Waals surface area contributed by atoms with Gasteiger partial charge in [0.25, 0.3) is 5.56 Å². The van der Waals surface area contributed by atoms with Crippen LogP contribution in [-0.4, -0.2) is 40.6 Å². The van der Waals surface area contributed by atoms with Crippen molar-refractivity contribution in [3.05, 3.63) is 127 Å². The normalized spacial score (nSPS) is 14.6. The van der Waals surface area contributed by atoms with Crippen molar-refractivity contribution in [3.63, 3.8) is 0 Å². The van der Waals surface area contributed by atoms with Crippen molar-refractivity contribution in [2.24, 2.45) is 4.99 Å². The van der Waals surface area contributed by atoms with Gasteiger partial charge in [0, 0.05) is 17.3 Å². The number of fused-ring (bicyclic) bond motifs is 1. The average Bonchev–Trinajstić information content (AvgIpc) is 3.62. The Kier molecular flexibility index (Phi) is 8.48. The van der Waals surface area contributed by atoms with E-state index in [0.717, 1.165) is 28.1 Å². The molecule has 1 aliphatic rings. The molecule has 228 valence electrons. The molecular formula is C35H32N4O5S. The molecule has 0 bridgehead atoms. The molecule has 0 saturated carbocycles. The molecule has 0 unspecified atom stereocenters. The van der Waals surface area contributed by atoms with Gasteiger partial charge in [-0.1, -0.05) is 41.7 Å². The van der Waals surface area contributed by atoms with Gasteiger partial charge in [0.2, 0.25) is 0 Å². The molecule has 1 aliphatic heterocycles. The summed E-state index contributed by atoms with van der Waals surface area (Å²) < 4.78 is 20.2. The van der Waals surface area contributed by atoms with Crippen LogP contribution in [0.15, 0.2) is 106 Å². The molecule has 9 nitrogen and oxygen atoms in total. The smallest absolute Gasteiger partial charge is 0.338 e. The summed E-state index contributed by atoms with van der Waals surface area (Å²) in [6.45, 7) is 6.24. The minimum atomic E-state index is -0.717. The molecule has 0 spiro atoms. The molecule has 6 rings (SSSR count). The van der Waals surface area contributed by atoms with Crippen molar-refractivity contribution in [1.82, 2.24) is 14.3 Å². The third-order valence-electron chi connectivity index (χ3n) is 7.44. The molecule has 1 atom stereocenters. The first-order valence-corrected chi connectivity index (χ1v) is 15.5. The molecule has 0 N–H and O–H groups in total. The van der Waals surface area contributed by atoms with Crippen LogP contribution in [0.5, 0.6) is 11.5 Å². The van der Waals surface area contributed by atoms with Crippen LogP contribution >= 0.6 is 11.3 Å². The number of aromatic nitrogens is 3. The number of hydrogen-bond acceptors (Lipinski definition) is 8. The zero-order chi connectivity index (χ0) is 31.5. The van der Waals surface area contributed by atoms with E-state index in [9.17, 15) is 9.59 Å². The lowest BCUT2D eigenvalue weighted by atomic mass is 9.96. The number of para-hydroxylation sites is 1. The van der Waals surface area contributed by atoms with Crippen molar-refractivity contribution in [1.29, 1.82) is 0 Å². The fraction of sp³-hybridized carbons (Fsp3) is 0.200. The summed E-state index contributed by atoms with van der Waals surface area (Å²) in [5, 5.41) is 4.92. The van der Waals surface area contributed by atoms with E-state index in [-0.39, 0.29) is 12.2 Å². The summed E-state index contributed by atoms with van der Waals surface area (Å²) in [4.78, 5) is 32.7. The molecule has 0 aliphatic carbocycles. The van der Waals surface area contributed by atoms with Crippen molar-refractivity contribution >= 4 is 23.4 Å². The first-order chi connectivity index (χ1) is 21.9. The van der Waals surface area contributed by atoms with Crippen LogP contribution in [0.1, 0.15) is 37.9 Å². The highest BCUT2D eigenvalue weighted by Gasteiger charge is 2.33. The third kappa shape index (κ3) is 5.84. The van der Waals surface area contributed by atoms with Crippen LogP contribution < -0.4 is 24.4 Å². The Morgan fingerprint density at radius 1 is 0.956 bits per heavy atom. The predicted octanol–water partition coefficient (Wildman–Crippen LogP) is 5.06. The second-order valence-electron chi connectivity index (χ2n) is 10.2. The van der Waals surface area contributed by atoms with E-state index >= 15 is 0 Å². The molecule has 0 amide bonds. The first-order valence-electron chi connectivity index (χ1n) is 14.6. The topological polar surface area (TPSA) is 96.9 Å². The summed E-state index contributed by atoms with van der Waals surface area (Å²) in [6.07, 6.45) is 3.76. The zero-order valence-electron chi connectivity index (χ0n) is 25.4. The van der Waals surface area contributed by atoms with Gasteiger partial charge in [-0.3, -0.25) is 9.36 Å². The van der Waals surface area contributed by atoms with E-state index in [1.165, 1.54) is 11.3 Å². The maximum Gasteiger partial charge on any atom is 0.338 e. The van der Waals surface area contributed by atoms with Crippen molar-refractivity contribution in [2.45, 2.75) is 26.8 Å². The molecule has 45 heavy (non-hydrogen) atoms. The molecule has 0 saturated heterocycles. The second-order valence-corrected chi connectivity index (χ2v) is 11.3. The third-order valence-corrected chi connectivity index (χ3v) is 8.42. The number of hydrogen-bond donors (Lipinski definition) is 0. The molecule has 10 heteroatoms. The van der Waals surface area contributed by atoms with Gasteiger partial charge in [-0.15, -0.1) is 0 Å². The first kappa shape index (κ1) is 29.8. The highest BCUT2D eigenvalue weighted by atomic mass is 32.1. The maximum absolute atomic E-state index is 14.2. The lowest BCUT2D eigenvalue weighted by molar-refractivity contribution is -0.139. The average molecular weight is 621 g/mol. The fourth-order valence-electron chi connectivity index (χ4n) is 5.34. The number of nitrogens with zero attached hydrogens (tertiary/aromatic N) is 4. The van der Waals surface area contributed by atoms with Gasteiger partial charge in [-0.25, -0.2) is 14.5 Å². The van der Waals surface area contributed by atoms with Crippen LogP contribution in [0.2, 0.25) is 0 Å². The monoisotopic (exact) mass is 620 g/mol. The van der Waals surface area contributed by atoms with Crippen LogP contribution in [0.4, 0.5) is 0 Å². The van der Waals surface area contributed by atoms with Gasteiger partial charge < -0.3 is 14.2 Å². The van der Waals surface area contributed by atoms with Crippen molar-refractivity contribution in [2.75, 3.05) is 20.3 Å². The molecular weight excluding hydrogens is 588 g/mol. The van der Waals surface area contributed by atoms with Gasteiger partial charge in [-0.05, 0) is 80.9 Å². The maximum atomic E-state index is 14.2. The van der Waals surface area contributed by atoms with E-state index in [0.29, 0.717) is 38.7 Å². The van der Waals surface area contributed by atoms with E-state index < -0.39 is 12.0 Å². The number of carbonyl (C=O) groups is 1. The molecule has 0 fully saturated rings. The van der Waals surface area contributed by atoms with E-state index in [1.54, 1.807) is 30.2 Å². The number of esters is 1. The number of rotatable bonds is 9. The highest BCUT2D eigenvalue weighted by Crippen LogP contribution is 2.32. The lowest BCUT2D eigenvalue weighted by Gasteiger charge is -2.24. The van der Waals surface area contributed by atoms with Gasteiger partial charge >= 0.3 is 5.97 Å². The van der Waals surface area contributed by atoms with Crippen LogP contribution in [0.3, 0.4) is 0 Å². The van der Waals surface area contributed by atoms with Crippen LogP contribution in [0, 0.1) is 0 Å². The minimum Gasteiger partial charge on any atom is -0.497 e. The molecule has 3 aromatic carbocycles. The number of allylic oxidation sites excluding steroid dienone is 1. The Labute approximate surface area is 264 Å². The van der Waals surface area contributed by atoms with Gasteiger partial charge in [0.15, 0.2) is 4.80 Å². The molecule has 3 heterocycles. The number of methoxy groups -OCH3 is 1. The predicted molar refractivity (Wildman–Crippen MR) is 174 cm³/mol. The Balaban J connectivity index is 1.53. The zero-order valence-corrected chi connectivity index (χ0v) is 26.2. The quantitative estimate of drug-likeness (QED) is 0.214. The second kappa shape index (κ2) is 12.8. The van der Waals surface area contributed by atoms with Crippen LogP contribution in [0.25, 0.3) is 23.0 Å². The van der Waals surface area contributed by atoms with E-state index in [2.05, 4.69) is 0 Å². The minimum absolute atomic E-state index is 0.203. The van der Waals surface area contributed by atoms with Gasteiger partial charge in [-0.2, -0.15) is 5.10 Å². The Hall–Kier alpha value is -5.22. The highest BCUT2D eigenvalue weighted by molar-refractivity contribution is 7.07. The SMILES string of the molecule is CCOC(=O)C1=C(C)N=c2s/c(=C\c3cn(-c4ccccc4)nc3-c3ccc(OCC)cc3)c(=O)n2[C@@H]1c1ccc(OC)cc1. The number of benzene rings is 3. The summed E-state index contributed by atoms with van der Waals surface area (Å²) in [7, 11) is 1.59. The summed E-state index contributed by atoms with van der Waals surface area (Å²) in [6, 6.07) is 24.1. The lowest BCUT2D eigenvalue weighted by Crippen LogP contribution is -2.39. The summed E-state index contributed by atoms with van der Waals surface area (Å²) >= 11 is 1.27. The Morgan fingerprint density at radius 2 is 1.67 bits per heavy atom. The molecule has 0 radical (unpaired) electrons. The van der Waals surface area contributed by atoms with Gasteiger partial charge in [0.1, 0.15) is 17.2 Å². The fourth-order valence-corrected chi connectivity index (χ4v) is 6.38. The van der Waals surface area contributed by atoms with Crippen LogP contribution in [-0.2, 0) is 9.53 Å². The van der Waals surface area contributed by atoms with Crippen molar-refractivity contribution in [3.8, 4) is 28.4 Å². The number of ether oxygens (including phenoxy) is 3. The summed E-state index contributed by atoms with van der Waals surface area (Å²) in [5.41, 5.74) is 4.55. The van der Waals surface area contributed by atoms with E-state index in [1.807, 2.05) is 98.1 Å². The van der Waals surface area contributed by atoms with E-state index in [4.69, 9.17) is 24.3 Å². The van der Waals surface area contributed by atoms with Crippen molar-refractivity contribution < 1.29 is 19.0 Å². The Morgan fingerprint density at radius 3 is 2.33 bits per heavy atom. The standard InChI is InChI=1S/C35H32N4O5S/c1-5-43-28-18-12-23(13-19-28)31-25(21-38(37-31)26-10-8-7-9-11-26)20-29-33(40)39-32(24-14-16-27(42-4)17-15-24)30(34(41)44-6-2)22(3)36-35(39)45-29/h7-21,32H,5-6H2,1-4H3/b29-20-/t32-/m1/s1. The number of thiazole rings is 1. The Bertz CT molecular complexity index is 2060. The number of carbonyl (C=O) groups excluding carboxylic acids is 1. The molecule has 5 aromatic rings. The summed E-state index contributed by atoms with van der Waals surface area (Å²) in [5.74, 6) is 0.933. The molecule has 2 aromatic heterocycles. The largest absolute Gasteiger partial charge is 0.497 e. The van der Waals surface area contributed by atoms with Gasteiger partial charge in [0.05, 0.1) is 47.9 Å².